The van der Waals surface area contributed by atoms with Gasteiger partial charge < -0.3 is 5.73 Å². The molecule has 88 valence electrons. The van der Waals surface area contributed by atoms with Crippen LogP contribution in [-0.2, 0) is 5.41 Å². The van der Waals surface area contributed by atoms with E-state index in [9.17, 15) is 0 Å². The van der Waals surface area contributed by atoms with Crippen molar-refractivity contribution in [2.75, 3.05) is 6.54 Å². The molecule has 1 aliphatic rings. The second kappa shape index (κ2) is 3.30. The fourth-order valence-corrected chi connectivity index (χ4v) is 3.00. The number of nitrogens with two attached hydrogens (primary N) is 1. The molecule has 0 aliphatic heterocycles. The number of fused-ring (bicyclic) bond motifs is 1. The summed E-state index contributed by atoms with van der Waals surface area (Å²) in [5.74, 6) is 0. The van der Waals surface area contributed by atoms with E-state index in [1.54, 1.807) is 0 Å². The first kappa shape index (κ1) is 10.7. The normalized spacial score (nSPS) is 26.1. The summed E-state index contributed by atoms with van der Waals surface area (Å²) in [5, 5.41) is 1.21. The van der Waals surface area contributed by atoms with Gasteiger partial charge in [-0.1, -0.05) is 32.0 Å². The Bertz CT molecular complexity index is 574. The predicted octanol–water partition coefficient (Wildman–Crippen LogP) is 2.86. The Labute approximate surface area is 102 Å². The first-order chi connectivity index (χ1) is 8.09. The fraction of sp³-hybridized carbons (Fsp3) is 0.400. The van der Waals surface area contributed by atoms with Crippen molar-refractivity contribution >= 4 is 10.9 Å². The number of aromatic nitrogens is 1. The number of para-hydroxylation sites is 1. The molecule has 0 radical (unpaired) electrons. The highest BCUT2D eigenvalue weighted by atomic mass is 14.8. The quantitative estimate of drug-likeness (QED) is 0.855. The molecule has 1 aromatic carbocycles. The second-order valence-corrected chi connectivity index (χ2v) is 5.76. The van der Waals surface area contributed by atoms with Gasteiger partial charge in [0, 0.05) is 23.5 Å². The van der Waals surface area contributed by atoms with Crippen molar-refractivity contribution in [3.63, 3.8) is 0 Å². The lowest BCUT2D eigenvalue weighted by Gasteiger charge is -2.19. The number of pyridine rings is 1. The smallest absolute Gasteiger partial charge is 0.0702 e. The Kier molecular flexibility index (Phi) is 2.08. The van der Waals surface area contributed by atoms with Crippen LogP contribution in [0.15, 0.2) is 36.5 Å². The zero-order valence-corrected chi connectivity index (χ0v) is 10.4. The van der Waals surface area contributed by atoms with Crippen molar-refractivity contribution in [1.82, 2.24) is 4.98 Å². The predicted molar refractivity (Wildman–Crippen MR) is 70.9 cm³/mol. The third-order valence-electron chi connectivity index (χ3n) is 4.41. The van der Waals surface area contributed by atoms with Crippen molar-refractivity contribution in [2.24, 2.45) is 11.1 Å². The monoisotopic (exact) mass is 226 g/mol. The van der Waals surface area contributed by atoms with Crippen LogP contribution in [0.2, 0.25) is 0 Å². The van der Waals surface area contributed by atoms with Gasteiger partial charge in [-0.3, -0.25) is 4.98 Å². The molecular weight excluding hydrogens is 208 g/mol. The van der Waals surface area contributed by atoms with E-state index < -0.39 is 0 Å². The summed E-state index contributed by atoms with van der Waals surface area (Å²) >= 11 is 0. The maximum atomic E-state index is 5.99. The molecule has 2 nitrogen and oxygen atoms in total. The Morgan fingerprint density at radius 3 is 2.65 bits per heavy atom. The minimum Gasteiger partial charge on any atom is -0.330 e. The van der Waals surface area contributed by atoms with Crippen LogP contribution < -0.4 is 5.73 Å². The molecule has 3 rings (SSSR count). The Balaban J connectivity index is 2.13. The van der Waals surface area contributed by atoms with Gasteiger partial charge in [0.15, 0.2) is 0 Å². The Hall–Kier alpha value is -1.41. The Morgan fingerprint density at radius 1 is 1.29 bits per heavy atom. The summed E-state index contributed by atoms with van der Waals surface area (Å²) in [6.07, 6.45) is 3.17. The van der Waals surface area contributed by atoms with Gasteiger partial charge in [-0.25, -0.2) is 0 Å². The van der Waals surface area contributed by atoms with Gasteiger partial charge in [-0.15, -0.1) is 0 Å². The molecular formula is C15H18N2. The van der Waals surface area contributed by atoms with E-state index in [-0.39, 0.29) is 5.41 Å². The second-order valence-electron chi connectivity index (χ2n) is 5.76. The lowest BCUT2D eigenvalue weighted by Crippen LogP contribution is -2.25. The molecule has 1 aromatic heterocycles. The maximum absolute atomic E-state index is 5.99. The molecule has 0 bridgehead atoms. The fourth-order valence-electron chi connectivity index (χ4n) is 3.00. The molecule has 1 fully saturated rings. The van der Waals surface area contributed by atoms with Crippen LogP contribution in [0.5, 0.6) is 0 Å². The summed E-state index contributed by atoms with van der Waals surface area (Å²) in [5.41, 5.74) is 8.80. The van der Waals surface area contributed by atoms with E-state index in [0.29, 0.717) is 12.0 Å². The van der Waals surface area contributed by atoms with Gasteiger partial charge >= 0.3 is 0 Å². The van der Waals surface area contributed by atoms with Crippen molar-refractivity contribution in [3.8, 4) is 0 Å². The summed E-state index contributed by atoms with van der Waals surface area (Å²) in [6, 6.07) is 10.5. The van der Waals surface area contributed by atoms with E-state index in [4.69, 9.17) is 5.73 Å². The van der Waals surface area contributed by atoms with E-state index in [1.165, 1.54) is 10.9 Å². The highest BCUT2D eigenvalue weighted by Crippen LogP contribution is 2.63. The van der Waals surface area contributed by atoms with E-state index in [2.05, 4.69) is 37.0 Å². The van der Waals surface area contributed by atoms with Crippen molar-refractivity contribution in [2.45, 2.75) is 25.7 Å². The van der Waals surface area contributed by atoms with Crippen molar-refractivity contribution < 1.29 is 0 Å². The van der Waals surface area contributed by atoms with E-state index in [1.807, 2.05) is 18.3 Å². The average Bonchev–Trinajstić information content (AvgIpc) is 2.92. The van der Waals surface area contributed by atoms with Gasteiger partial charge in [0.1, 0.15) is 0 Å². The summed E-state index contributed by atoms with van der Waals surface area (Å²) < 4.78 is 0. The van der Waals surface area contributed by atoms with Crippen LogP contribution >= 0.6 is 0 Å². The first-order valence-electron chi connectivity index (χ1n) is 6.14. The van der Waals surface area contributed by atoms with Crippen molar-refractivity contribution in [3.05, 3.63) is 42.1 Å². The van der Waals surface area contributed by atoms with E-state index >= 15 is 0 Å². The number of rotatable bonds is 2. The van der Waals surface area contributed by atoms with Crippen LogP contribution in [0.1, 0.15) is 25.8 Å². The molecule has 2 N–H and O–H groups in total. The third-order valence-corrected chi connectivity index (χ3v) is 4.41. The molecule has 1 unspecified atom stereocenters. The molecule has 1 aliphatic carbocycles. The Morgan fingerprint density at radius 2 is 2.00 bits per heavy atom. The standard InChI is InChI=1S/C15H18N2/c1-14(2)9-15(14,10-16)12-7-11-5-3-4-6-13(11)17-8-12/h3-8H,9-10,16H2,1-2H3. The SMILES string of the molecule is CC1(C)CC1(CN)c1cnc2ccccc2c1. The van der Waals surface area contributed by atoms with Crippen LogP contribution in [0.25, 0.3) is 10.9 Å². The number of benzene rings is 1. The van der Waals surface area contributed by atoms with Crippen LogP contribution in [0.4, 0.5) is 0 Å². The molecule has 1 atom stereocenters. The molecule has 1 heterocycles. The van der Waals surface area contributed by atoms with Crippen LogP contribution in [0.3, 0.4) is 0 Å². The molecule has 1 saturated carbocycles. The van der Waals surface area contributed by atoms with E-state index in [0.717, 1.165) is 11.9 Å². The lowest BCUT2D eigenvalue weighted by molar-refractivity contribution is 0.502. The first-order valence-corrected chi connectivity index (χ1v) is 6.14. The average molecular weight is 226 g/mol. The summed E-state index contributed by atoms with van der Waals surface area (Å²) in [6.45, 7) is 5.28. The van der Waals surface area contributed by atoms with Gasteiger partial charge in [0.2, 0.25) is 0 Å². The molecule has 17 heavy (non-hydrogen) atoms. The zero-order chi connectivity index (χ0) is 12.1. The number of hydrogen-bond donors (Lipinski definition) is 1. The highest BCUT2D eigenvalue weighted by Gasteiger charge is 2.61. The topological polar surface area (TPSA) is 38.9 Å². The highest BCUT2D eigenvalue weighted by molar-refractivity contribution is 5.79. The van der Waals surface area contributed by atoms with Gasteiger partial charge in [-0.05, 0) is 29.5 Å². The van der Waals surface area contributed by atoms with Crippen molar-refractivity contribution in [1.29, 1.82) is 0 Å². The molecule has 2 heteroatoms. The minimum atomic E-state index is 0.143. The number of hydrogen-bond acceptors (Lipinski definition) is 2. The van der Waals surface area contributed by atoms with Crippen LogP contribution in [-0.4, -0.2) is 11.5 Å². The maximum Gasteiger partial charge on any atom is 0.0702 e. The molecule has 2 aromatic rings. The molecule has 0 saturated heterocycles. The molecule has 0 spiro atoms. The lowest BCUT2D eigenvalue weighted by atomic mass is 9.88. The van der Waals surface area contributed by atoms with Gasteiger partial charge in [-0.2, -0.15) is 0 Å². The van der Waals surface area contributed by atoms with Gasteiger partial charge in [0.05, 0.1) is 5.52 Å². The largest absolute Gasteiger partial charge is 0.330 e. The zero-order valence-electron chi connectivity index (χ0n) is 10.4. The molecule has 0 amide bonds. The summed E-state index contributed by atoms with van der Waals surface area (Å²) in [4.78, 5) is 4.55. The minimum absolute atomic E-state index is 0.143. The third kappa shape index (κ3) is 1.40. The summed E-state index contributed by atoms with van der Waals surface area (Å²) in [7, 11) is 0. The van der Waals surface area contributed by atoms with Crippen LogP contribution in [0, 0.1) is 5.41 Å². The van der Waals surface area contributed by atoms with Gasteiger partial charge in [0.25, 0.3) is 0 Å². The number of nitrogens with zero attached hydrogens (tertiary/aromatic N) is 1.